The quantitative estimate of drug-likeness (QED) is 0.798. The largest absolute Gasteiger partial charge is 0.329 e. The number of hydrogen-bond acceptors (Lipinski definition) is 2. The van der Waals surface area contributed by atoms with Gasteiger partial charge in [0.05, 0.1) is 0 Å². The zero-order chi connectivity index (χ0) is 12.0. The van der Waals surface area contributed by atoms with Crippen LogP contribution in [0.3, 0.4) is 0 Å². The predicted octanol–water partition coefficient (Wildman–Crippen LogP) is 2.63. The molecule has 94 valence electrons. The van der Waals surface area contributed by atoms with Crippen molar-refractivity contribution >= 4 is 0 Å². The van der Waals surface area contributed by atoms with E-state index in [0.717, 1.165) is 6.54 Å². The van der Waals surface area contributed by atoms with Crippen LogP contribution < -0.4 is 5.73 Å². The van der Waals surface area contributed by atoms with Gasteiger partial charge in [0.1, 0.15) is 0 Å². The third-order valence-corrected chi connectivity index (χ3v) is 5.51. The van der Waals surface area contributed by atoms with Gasteiger partial charge < -0.3 is 5.73 Å². The number of hydrogen-bond donors (Lipinski definition) is 1. The maximum absolute atomic E-state index is 6.09. The van der Waals surface area contributed by atoms with E-state index in [2.05, 4.69) is 32.6 Å². The average molecular weight is 224 g/mol. The molecular formula is C14H28N2. The van der Waals surface area contributed by atoms with E-state index in [4.69, 9.17) is 5.73 Å². The van der Waals surface area contributed by atoms with Crippen molar-refractivity contribution < 1.29 is 0 Å². The van der Waals surface area contributed by atoms with Crippen molar-refractivity contribution in [3.8, 4) is 0 Å². The summed E-state index contributed by atoms with van der Waals surface area (Å²) in [6, 6.07) is 0. The maximum atomic E-state index is 6.09. The lowest BCUT2D eigenvalue weighted by atomic mass is 9.76. The van der Waals surface area contributed by atoms with E-state index >= 15 is 0 Å². The van der Waals surface area contributed by atoms with Crippen molar-refractivity contribution in [1.29, 1.82) is 0 Å². The highest BCUT2D eigenvalue weighted by molar-refractivity contribution is 5.10. The van der Waals surface area contributed by atoms with Crippen LogP contribution in [0.2, 0.25) is 0 Å². The molecule has 2 aliphatic rings. The van der Waals surface area contributed by atoms with E-state index < -0.39 is 0 Å². The van der Waals surface area contributed by atoms with Crippen molar-refractivity contribution in [2.45, 2.75) is 58.9 Å². The van der Waals surface area contributed by atoms with Gasteiger partial charge in [-0.3, -0.25) is 4.90 Å². The number of nitrogens with two attached hydrogens (primary N) is 1. The lowest BCUT2D eigenvalue weighted by molar-refractivity contribution is 0.00181. The van der Waals surface area contributed by atoms with Gasteiger partial charge in [0.25, 0.3) is 0 Å². The van der Waals surface area contributed by atoms with Crippen molar-refractivity contribution in [2.75, 3.05) is 19.6 Å². The molecule has 1 aliphatic heterocycles. The number of likely N-dealkylation sites (tertiary alicyclic amines) is 1. The molecule has 2 rings (SSSR count). The molecule has 2 heteroatoms. The second-order valence-corrected chi connectivity index (χ2v) is 7.19. The fourth-order valence-corrected chi connectivity index (χ4v) is 3.09. The summed E-state index contributed by atoms with van der Waals surface area (Å²) in [6.45, 7) is 12.9. The van der Waals surface area contributed by atoms with Gasteiger partial charge in [-0.05, 0) is 56.5 Å². The van der Waals surface area contributed by atoms with Crippen LogP contribution in [-0.4, -0.2) is 30.1 Å². The van der Waals surface area contributed by atoms with Crippen LogP contribution in [0.25, 0.3) is 0 Å². The van der Waals surface area contributed by atoms with E-state index in [1.807, 2.05) is 0 Å². The van der Waals surface area contributed by atoms with Crippen molar-refractivity contribution in [2.24, 2.45) is 16.6 Å². The molecule has 2 N–H and O–H groups in total. The van der Waals surface area contributed by atoms with Crippen LogP contribution in [0, 0.1) is 10.8 Å². The molecule has 1 aliphatic carbocycles. The summed E-state index contributed by atoms with van der Waals surface area (Å²) >= 11 is 0. The summed E-state index contributed by atoms with van der Waals surface area (Å²) < 4.78 is 0. The van der Waals surface area contributed by atoms with Crippen LogP contribution >= 0.6 is 0 Å². The Kier molecular flexibility index (Phi) is 2.87. The van der Waals surface area contributed by atoms with E-state index in [1.54, 1.807) is 0 Å². The molecule has 16 heavy (non-hydrogen) atoms. The normalized spacial score (nSPS) is 32.1. The molecule has 0 spiro atoms. The summed E-state index contributed by atoms with van der Waals surface area (Å²) in [5, 5.41) is 0. The zero-order valence-corrected chi connectivity index (χ0v) is 11.5. The van der Waals surface area contributed by atoms with Crippen LogP contribution in [0.1, 0.15) is 53.4 Å². The molecule has 0 aromatic rings. The first-order chi connectivity index (χ1) is 7.33. The fourth-order valence-electron chi connectivity index (χ4n) is 3.09. The van der Waals surface area contributed by atoms with Gasteiger partial charge in [0, 0.05) is 12.1 Å². The summed E-state index contributed by atoms with van der Waals surface area (Å²) in [5.41, 5.74) is 7.36. The standard InChI is InChI=1S/C14H28N2/c1-12(2)7-9-16(10-8-12)14(4,11-15)13(3)5-6-13/h5-11,15H2,1-4H3. The summed E-state index contributed by atoms with van der Waals surface area (Å²) in [7, 11) is 0. The summed E-state index contributed by atoms with van der Waals surface area (Å²) in [4.78, 5) is 2.67. The molecule has 1 atom stereocenters. The Bertz CT molecular complexity index is 258. The SMILES string of the molecule is CC1(C)CCN(C(C)(CN)C2(C)CC2)CC1. The minimum atomic E-state index is 0.240. The second kappa shape index (κ2) is 3.71. The first-order valence-electron chi connectivity index (χ1n) is 6.78. The van der Waals surface area contributed by atoms with Crippen LogP contribution in [0.5, 0.6) is 0 Å². The van der Waals surface area contributed by atoms with Gasteiger partial charge in [-0.1, -0.05) is 20.8 Å². The zero-order valence-electron chi connectivity index (χ0n) is 11.5. The Morgan fingerprint density at radius 1 is 1.06 bits per heavy atom. The lowest BCUT2D eigenvalue weighted by Gasteiger charge is -2.50. The average Bonchev–Trinajstić information content (AvgIpc) is 2.97. The molecule has 1 unspecified atom stereocenters. The molecule has 0 radical (unpaired) electrons. The lowest BCUT2D eigenvalue weighted by Crippen LogP contribution is -2.59. The topological polar surface area (TPSA) is 29.3 Å². The minimum Gasteiger partial charge on any atom is -0.329 e. The van der Waals surface area contributed by atoms with E-state index in [1.165, 1.54) is 38.8 Å². The van der Waals surface area contributed by atoms with Gasteiger partial charge in [0.15, 0.2) is 0 Å². The van der Waals surface area contributed by atoms with E-state index in [0.29, 0.717) is 10.8 Å². The van der Waals surface area contributed by atoms with E-state index in [-0.39, 0.29) is 5.54 Å². The second-order valence-electron chi connectivity index (χ2n) is 7.19. The molecule has 0 aromatic heterocycles. The Balaban J connectivity index is 2.06. The highest BCUT2D eigenvalue weighted by Crippen LogP contribution is 2.56. The van der Waals surface area contributed by atoms with Gasteiger partial charge in [0.2, 0.25) is 0 Å². The molecule has 1 saturated heterocycles. The number of piperidine rings is 1. The summed E-state index contributed by atoms with van der Waals surface area (Å²) in [5.74, 6) is 0. The first-order valence-corrected chi connectivity index (χ1v) is 6.78. The van der Waals surface area contributed by atoms with Crippen molar-refractivity contribution in [1.82, 2.24) is 4.90 Å². The molecule has 0 amide bonds. The molecule has 1 saturated carbocycles. The first kappa shape index (κ1) is 12.4. The van der Waals surface area contributed by atoms with Gasteiger partial charge in [-0.25, -0.2) is 0 Å². The number of nitrogens with zero attached hydrogens (tertiary/aromatic N) is 1. The minimum absolute atomic E-state index is 0.240. The Morgan fingerprint density at radius 3 is 1.94 bits per heavy atom. The highest BCUT2D eigenvalue weighted by atomic mass is 15.2. The molecule has 2 fully saturated rings. The van der Waals surface area contributed by atoms with E-state index in [9.17, 15) is 0 Å². The van der Waals surface area contributed by atoms with Crippen molar-refractivity contribution in [3.63, 3.8) is 0 Å². The van der Waals surface area contributed by atoms with Gasteiger partial charge >= 0.3 is 0 Å². The van der Waals surface area contributed by atoms with Crippen LogP contribution in [0.15, 0.2) is 0 Å². The fraction of sp³-hybridized carbons (Fsp3) is 1.00. The maximum Gasteiger partial charge on any atom is 0.0357 e. The summed E-state index contributed by atoms with van der Waals surface area (Å²) in [6.07, 6.45) is 5.36. The predicted molar refractivity (Wildman–Crippen MR) is 69.4 cm³/mol. The smallest absolute Gasteiger partial charge is 0.0357 e. The third-order valence-electron chi connectivity index (χ3n) is 5.51. The van der Waals surface area contributed by atoms with Crippen LogP contribution in [-0.2, 0) is 0 Å². The number of rotatable bonds is 3. The van der Waals surface area contributed by atoms with Crippen LogP contribution in [0.4, 0.5) is 0 Å². The Labute approximate surface area is 101 Å². The van der Waals surface area contributed by atoms with Gasteiger partial charge in [-0.2, -0.15) is 0 Å². The molecule has 2 nitrogen and oxygen atoms in total. The molecule has 1 heterocycles. The molecule has 0 aromatic carbocycles. The monoisotopic (exact) mass is 224 g/mol. The Morgan fingerprint density at radius 2 is 1.56 bits per heavy atom. The highest BCUT2D eigenvalue weighted by Gasteiger charge is 2.55. The third kappa shape index (κ3) is 1.91. The Hall–Kier alpha value is -0.0800. The molecular weight excluding hydrogens is 196 g/mol. The van der Waals surface area contributed by atoms with Crippen molar-refractivity contribution in [3.05, 3.63) is 0 Å². The molecule has 0 bridgehead atoms. The van der Waals surface area contributed by atoms with Gasteiger partial charge in [-0.15, -0.1) is 0 Å².